The van der Waals surface area contributed by atoms with E-state index in [0.29, 0.717) is 19.3 Å². The summed E-state index contributed by atoms with van der Waals surface area (Å²) in [5.41, 5.74) is 0. The monoisotopic (exact) mass is 1030 g/mol. The lowest BCUT2D eigenvalue weighted by Gasteiger charge is -2.18. The fraction of sp³-hybridized carbons (Fsp3) is 0.809. The molecule has 6 nitrogen and oxygen atoms in total. The van der Waals surface area contributed by atoms with Gasteiger partial charge in [0.15, 0.2) is 6.10 Å². The third kappa shape index (κ3) is 60.0. The van der Waals surface area contributed by atoms with Crippen molar-refractivity contribution < 1.29 is 28.6 Å². The maximum atomic E-state index is 12.9. The smallest absolute Gasteiger partial charge is 0.306 e. The van der Waals surface area contributed by atoms with E-state index in [1.54, 1.807) is 0 Å². The molecule has 0 spiro atoms. The van der Waals surface area contributed by atoms with Crippen LogP contribution in [0.5, 0.6) is 0 Å². The molecule has 6 heteroatoms. The highest BCUT2D eigenvalue weighted by Crippen LogP contribution is 2.17. The van der Waals surface area contributed by atoms with Crippen LogP contribution in [0, 0.1) is 0 Å². The normalized spacial score (nSPS) is 12.4. The average Bonchev–Trinajstić information content (AvgIpc) is 3.40. The molecule has 0 N–H and O–H groups in total. The predicted octanol–water partition coefficient (Wildman–Crippen LogP) is 21.9. The number of carbonyl (C=O) groups is 3. The predicted molar refractivity (Wildman–Crippen MR) is 321 cm³/mol. The van der Waals surface area contributed by atoms with Crippen LogP contribution >= 0.6 is 0 Å². The second kappa shape index (κ2) is 62.6. The molecule has 0 bridgehead atoms. The lowest BCUT2D eigenvalue weighted by Crippen LogP contribution is -2.30. The largest absolute Gasteiger partial charge is 0.462 e. The highest BCUT2D eigenvalue weighted by atomic mass is 16.6. The maximum absolute atomic E-state index is 12.9. The van der Waals surface area contributed by atoms with E-state index in [4.69, 9.17) is 14.2 Å². The van der Waals surface area contributed by atoms with Crippen LogP contribution in [0.25, 0.3) is 0 Å². The number of hydrogen-bond donors (Lipinski definition) is 0. The van der Waals surface area contributed by atoms with E-state index in [1.165, 1.54) is 205 Å². The quantitative estimate of drug-likeness (QED) is 0.0261. The molecule has 0 fully saturated rings. The number of rotatable bonds is 59. The molecule has 0 aromatic heterocycles. The van der Waals surface area contributed by atoms with E-state index in [-0.39, 0.29) is 31.1 Å². The molecule has 0 rings (SSSR count). The van der Waals surface area contributed by atoms with Gasteiger partial charge in [-0.25, -0.2) is 0 Å². The van der Waals surface area contributed by atoms with Crippen molar-refractivity contribution in [2.75, 3.05) is 13.2 Å². The molecule has 0 aliphatic rings. The molecule has 0 amide bonds. The number of ether oxygens (including phenoxy) is 3. The van der Waals surface area contributed by atoms with E-state index in [9.17, 15) is 14.4 Å². The van der Waals surface area contributed by atoms with Gasteiger partial charge in [0, 0.05) is 19.3 Å². The molecule has 1 unspecified atom stereocenters. The van der Waals surface area contributed by atoms with Crippen molar-refractivity contribution in [3.05, 3.63) is 60.8 Å². The summed E-state index contributed by atoms with van der Waals surface area (Å²) in [6.07, 6.45) is 79.6. The molecule has 0 saturated heterocycles. The first-order valence-corrected chi connectivity index (χ1v) is 32.3. The van der Waals surface area contributed by atoms with E-state index < -0.39 is 6.10 Å². The summed E-state index contributed by atoms with van der Waals surface area (Å²) in [5, 5.41) is 0. The summed E-state index contributed by atoms with van der Waals surface area (Å²) < 4.78 is 16.9. The van der Waals surface area contributed by atoms with Crippen molar-refractivity contribution in [2.24, 2.45) is 0 Å². The zero-order chi connectivity index (χ0) is 53.6. The Balaban J connectivity index is 4.15. The maximum Gasteiger partial charge on any atom is 0.306 e. The van der Waals surface area contributed by atoms with Crippen LogP contribution in [-0.4, -0.2) is 37.2 Å². The van der Waals surface area contributed by atoms with Gasteiger partial charge in [-0.2, -0.15) is 0 Å². The van der Waals surface area contributed by atoms with Gasteiger partial charge >= 0.3 is 17.9 Å². The van der Waals surface area contributed by atoms with E-state index in [1.807, 2.05) is 0 Å². The van der Waals surface area contributed by atoms with Crippen LogP contribution in [-0.2, 0) is 28.6 Å². The van der Waals surface area contributed by atoms with Gasteiger partial charge in [-0.05, 0) is 103 Å². The minimum atomic E-state index is -0.780. The Morgan fingerprint density at radius 1 is 0.270 bits per heavy atom. The molecule has 0 radical (unpaired) electrons. The Hall–Kier alpha value is -2.89. The summed E-state index contributed by atoms with van der Waals surface area (Å²) in [4.78, 5) is 38.2. The van der Waals surface area contributed by atoms with Gasteiger partial charge in [0.05, 0.1) is 0 Å². The second-order valence-corrected chi connectivity index (χ2v) is 21.7. The highest BCUT2D eigenvalue weighted by Gasteiger charge is 2.19. The Bertz CT molecular complexity index is 1330. The molecular weight excluding hydrogens is 913 g/mol. The van der Waals surface area contributed by atoms with Crippen molar-refractivity contribution >= 4 is 17.9 Å². The fourth-order valence-corrected chi connectivity index (χ4v) is 9.33. The van der Waals surface area contributed by atoms with Crippen molar-refractivity contribution in [1.29, 1.82) is 0 Å². The number of hydrogen-bond acceptors (Lipinski definition) is 6. The number of unbranched alkanes of at least 4 members (excludes halogenated alkanes) is 38. The summed E-state index contributed by atoms with van der Waals surface area (Å²) in [7, 11) is 0. The molecule has 0 saturated carbocycles. The van der Waals surface area contributed by atoms with Gasteiger partial charge in [-0.1, -0.05) is 274 Å². The molecule has 0 aliphatic carbocycles. The van der Waals surface area contributed by atoms with Crippen molar-refractivity contribution in [2.45, 2.75) is 341 Å². The van der Waals surface area contributed by atoms with E-state index in [0.717, 1.165) is 89.9 Å². The van der Waals surface area contributed by atoms with Crippen LogP contribution < -0.4 is 0 Å². The van der Waals surface area contributed by atoms with Gasteiger partial charge < -0.3 is 14.2 Å². The SMILES string of the molecule is CCC/C=C\CCCCCCCC(=O)OCC(COC(=O)CCCCCCCCCCCCCCCCCCC/C=C\C/C=C\CCCCCCC)OC(=O)CCCCCCCCC/C=C\C/C=C\CCCCC. The van der Waals surface area contributed by atoms with Crippen LogP contribution in [0.3, 0.4) is 0 Å². The minimum absolute atomic E-state index is 0.0776. The Morgan fingerprint density at radius 2 is 0.514 bits per heavy atom. The fourth-order valence-electron chi connectivity index (χ4n) is 9.33. The number of carbonyl (C=O) groups excluding carboxylic acids is 3. The van der Waals surface area contributed by atoms with Crippen molar-refractivity contribution in [3.63, 3.8) is 0 Å². The van der Waals surface area contributed by atoms with Crippen LogP contribution in [0.2, 0.25) is 0 Å². The van der Waals surface area contributed by atoms with Gasteiger partial charge in [0.1, 0.15) is 13.2 Å². The topological polar surface area (TPSA) is 78.9 Å². The zero-order valence-electron chi connectivity index (χ0n) is 49.4. The standard InChI is InChI=1S/C68H122O6/c1-4-7-10-13-16-19-22-24-26-28-29-30-31-32-33-34-35-36-37-38-39-41-42-44-46-49-52-55-58-61-67(70)73-64-65(63-72-66(69)60-57-54-51-48-21-18-15-12-9-6-3)74-68(71)62-59-56-53-50-47-45-43-40-27-25-23-20-17-14-11-8-5-2/h12,15,17,20,22,24-25,27-29,65H,4-11,13-14,16,18-19,21,23,26,30-64H2,1-3H3/b15-12-,20-17-,24-22-,27-25-,29-28-. The first-order valence-electron chi connectivity index (χ1n) is 32.3. The summed E-state index contributed by atoms with van der Waals surface area (Å²) in [5.74, 6) is -0.882. The lowest BCUT2D eigenvalue weighted by atomic mass is 10.0. The lowest BCUT2D eigenvalue weighted by molar-refractivity contribution is -0.167. The Morgan fingerprint density at radius 3 is 0.838 bits per heavy atom. The van der Waals surface area contributed by atoms with Crippen LogP contribution in [0.4, 0.5) is 0 Å². The van der Waals surface area contributed by atoms with Gasteiger partial charge in [-0.3, -0.25) is 14.4 Å². The minimum Gasteiger partial charge on any atom is -0.462 e. The Labute approximate surface area is 460 Å². The highest BCUT2D eigenvalue weighted by molar-refractivity contribution is 5.71. The summed E-state index contributed by atoms with van der Waals surface area (Å²) in [6, 6.07) is 0. The molecule has 430 valence electrons. The van der Waals surface area contributed by atoms with Crippen LogP contribution in [0.15, 0.2) is 60.8 Å². The summed E-state index contributed by atoms with van der Waals surface area (Å²) in [6.45, 7) is 6.57. The summed E-state index contributed by atoms with van der Waals surface area (Å²) >= 11 is 0. The number of allylic oxidation sites excluding steroid dienone is 10. The van der Waals surface area contributed by atoms with Crippen molar-refractivity contribution in [1.82, 2.24) is 0 Å². The molecule has 0 aromatic rings. The van der Waals surface area contributed by atoms with E-state index >= 15 is 0 Å². The first kappa shape index (κ1) is 71.1. The molecule has 1 atom stereocenters. The average molecular weight is 1040 g/mol. The molecule has 0 aliphatic heterocycles. The first-order chi connectivity index (χ1) is 36.5. The Kier molecular flexibility index (Phi) is 60.2. The molecule has 74 heavy (non-hydrogen) atoms. The molecule has 0 aromatic carbocycles. The van der Waals surface area contributed by atoms with Gasteiger partial charge in [-0.15, -0.1) is 0 Å². The van der Waals surface area contributed by atoms with Crippen molar-refractivity contribution in [3.8, 4) is 0 Å². The second-order valence-electron chi connectivity index (χ2n) is 21.7. The molecular formula is C68H122O6. The third-order valence-electron chi connectivity index (χ3n) is 14.2. The third-order valence-corrected chi connectivity index (χ3v) is 14.2. The van der Waals surface area contributed by atoms with E-state index in [2.05, 4.69) is 81.5 Å². The number of esters is 3. The van der Waals surface area contributed by atoms with Crippen LogP contribution in [0.1, 0.15) is 335 Å². The molecule has 0 heterocycles. The van der Waals surface area contributed by atoms with Gasteiger partial charge in [0.25, 0.3) is 0 Å². The zero-order valence-corrected chi connectivity index (χ0v) is 49.4. The van der Waals surface area contributed by atoms with Gasteiger partial charge in [0.2, 0.25) is 0 Å².